The average molecular weight is 361 g/mol. The first kappa shape index (κ1) is 14.5. The first-order valence-corrected chi connectivity index (χ1v) is 7.17. The van der Waals surface area contributed by atoms with Gasteiger partial charge in [-0.15, -0.1) is 0 Å². The molecular formula is C14H12BrCl2NO. The van der Waals surface area contributed by atoms with E-state index in [-0.39, 0.29) is 0 Å². The molecule has 0 aliphatic heterocycles. The molecule has 0 radical (unpaired) electrons. The minimum absolute atomic E-state index is 0.558. The van der Waals surface area contributed by atoms with Crippen LogP contribution in [0.4, 0.5) is 5.69 Å². The quantitative estimate of drug-likeness (QED) is 0.790. The van der Waals surface area contributed by atoms with Gasteiger partial charge in [0.1, 0.15) is 5.75 Å². The fourth-order valence-electron chi connectivity index (χ4n) is 1.69. The number of rotatable bonds is 4. The Morgan fingerprint density at radius 2 is 2.00 bits per heavy atom. The maximum absolute atomic E-state index is 6.15. The van der Waals surface area contributed by atoms with E-state index in [4.69, 9.17) is 27.9 Å². The van der Waals surface area contributed by atoms with Crippen molar-refractivity contribution < 1.29 is 4.74 Å². The van der Waals surface area contributed by atoms with E-state index in [0.717, 1.165) is 21.5 Å². The van der Waals surface area contributed by atoms with Gasteiger partial charge in [0.2, 0.25) is 0 Å². The molecule has 0 aliphatic carbocycles. The molecule has 2 aromatic carbocycles. The van der Waals surface area contributed by atoms with Gasteiger partial charge >= 0.3 is 0 Å². The summed E-state index contributed by atoms with van der Waals surface area (Å²) >= 11 is 15.6. The van der Waals surface area contributed by atoms with Gasteiger partial charge in [-0.05, 0) is 29.8 Å². The van der Waals surface area contributed by atoms with Gasteiger partial charge in [0.15, 0.2) is 0 Å². The zero-order valence-electron chi connectivity index (χ0n) is 10.2. The fourth-order valence-corrected chi connectivity index (χ4v) is 2.44. The summed E-state index contributed by atoms with van der Waals surface area (Å²) in [7, 11) is 1.64. The summed E-state index contributed by atoms with van der Waals surface area (Å²) in [6.07, 6.45) is 0. The molecule has 2 rings (SSSR count). The van der Waals surface area contributed by atoms with Crippen molar-refractivity contribution in [1.82, 2.24) is 0 Å². The molecule has 2 aromatic rings. The zero-order chi connectivity index (χ0) is 13.8. The molecule has 0 saturated heterocycles. The van der Waals surface area contributed by atoms with E-state index in [9.17, 15) is 0 Å². The molecule has 0 spiro atoms. The fraction of sp³-hybridized carbons (Fsp3) is 0.143. The summed E-state index contributed by atoms with van der Waals surface area (Å²) < 4.78 is 6.28. The maximum Gasteiger partial charge on any atom is 0.142 e. The summed E-state index contributed by atoms with van der Waals surface area (Å²) in [5.74, 6) is 0.779. The number of hydrogen-bond acceptors (Lipinski definition) is 2. The largest absolute Gasteiger partial charge is 0.495 e. The molecule has 5 heteroatoms. The lowest BCUT2D eigenvalue weighted by Crippen LogP contribution is -2.02. The highest BCUT2D eigenvalue weighted by Crippen LogP contribution is 2.30. The van der Waals surface area contributed by atoms with Crippen LogP contribution in [-0.4, -0.2) is 7.11 Å². The lowest BCUT2D eigenvalue weighted by molar-refractivity contribution is 0.416. The minimum atomic E-state index is 0.558. The van der Waals surface area contributed by atoms with Gasteiger partial charge in [-0.2, -0.15) is 0 Å². The second-order valence-corrected chi connectivity index (χ2v) is 5.61. The Kier molecular flexibility index (Phi) is 4.97. The van der Waals surface area contributed by atoms with E-state index in [1.54, 1.807) is 13.2 Å². The SMILES string of the molecule is COc1ccc(Br)cc1NCc1cccc(Cl)c1Cl. The van der Waals surface area contributed by atoms with Crippen molar-refractivity contribution in [1.29, 1.82) is 0 Å². The normalized spacial score (nSPS) is 10.3. The van der Waals surface area contributed by atoms with Crippen LogP contribution in [0.2, 0.25) is 10.0 Å². The number of halogens is 3. The van der Waals surface area contributed by atoms with Crippen LogP contribution in [-0.2, 0) is 6.54 Å². The molecule has 2 nitrogen and oxygen atoms in total. The smallest absolute Gasteiger partial charge is 0.142 e. The Morgan fingerprint density at radius 1 is 1.21 bits per heavy atom. The van der Waals surface area contributed by atoms with Crippen molar-refractivity contribution in [2.24, 2.45) is 0 Å². The van der Waals surface area contributed by atoms with E-state index in [1.165, 1.54) is 0 Å². The van der Waals surface area contributed by atoms with E-state index in [1.807, 2.05) is 30.3 Å². The third-order valence-electron chi connectivity index (χ3n) is 2.66. The summed E-state index contributed by atoms with van der Waals surface area (Å²) in [5.41, 5.74) is 1.84. The van der Waals surface area contributed by atoms with Gasteiger partial charge in [0.25, 0.3) is 0 Å². The minimum Gasteiger partial charge on any atom is -0.495 e. The lowest BCUT2D eigenvalue weighted by atomic mass is 10.2. The molecule has 0 atom stereocenters. The summed E-state index contributed by atoms with van der Waals surface area (Å²) in [5, 5.41) is 4.42. The van der Waals surface area contributed by atoms with Crippen molar-refractivity contribution in [3.8, 4) is 5.75 Å². The zero-order valence-corrected chi connectivity index (χ0v) is 13.3. The molecule has 0 bridgehead atoms. The molecule has 19 heavy (non-hydrogen) atoms. The van der Waals surface area contributed by atoms with Crippen molar-refractivity contribution in [3.05, 3.63) is 56.5 Å². The van der Waals surface area contributed by atoms with Crippen molar-refractivity contribution in [3.63, 3.8) is 0 Å². The summed E-state index contributed by atoms with van der Waals surface area (Å²) in [6, 6.07) is 11.4. The predicted octanol–water partition coefficient (Wildman–Crippen LogP) is 5.38. The van der Waals surface area contributed by atoms with Crippen LogP contribution in [0.1, 0.15) is 5.56 Å². The predicted molar refractivity (Wildman–Crippen MR) is 84.5 cm³/mol. The van der Waals surface area contributed by atoms with Gasteiger partial charge in [-0.3, -0.25) is 0 Å². The highest BCUT2D eigenvalue weighted by molar-refractivity contribution is 9.10. The van der Waals surface area contributed by atoms with Crippen LogP contribution in [0.15, 0.2) is 40.9 Å². The average Bonchev–Trinajstić information content (AvgIpc) is 2.40. The van der Waals surface area contributed by atoms with Crippen LogP contribution in [0, 0.1) is 0 Å². The van der Waals surface area contributed by atoms with E-state index in [2.05, 4.69) is 21.2 Å². The lowest BCUT2D eigenvalue weighted by Gasteiger charge is -2.12. The highest BCUT2D eigenvalue weighted by Gasteiger charge is 2.07. The summed E-state index contributed by atoms with van der Waals surface area (Å²) in [6.45, 7) is 0.576. The van der Waals surface area contributed by atoms with E-state index in [0.29, 0.717) is 16.6 Å². The van der Waals surface area contributed by atoms with Crippen molar-refractivity contribution in [2.45, 2.75) is 6.54 Å². The van der Waals surface area contributed by atoms with Gasteiger partial charge in [0, 0.05) is 11.0 Å². The van der Waals surface area contributed by atoms with Crippen molar-refractivity contribution >= 4 is 44.8 Å². The molecule has 0 saturated carbocycles. The Morgan fingerprint density at radius 3 is 2.74 bits per heavy atom. The third kappa shape index (κ3) is 3.56. The van der Waals surface area contributed by atoms with E-state index < -0.39 is 0 Å². The molecule has 1 N–H and O–H groups in total. The molecule has 100 valence electrons. The third-order valence-corrected chi connectivity index (χ3v) is 4.01. The first-order chi connectivity index (χ1) is 9.11. The molecule has 0 heterocycles. The second-order valence-electron chi connectivity index (χ2n) is 3.91. The van der Waals surface area contributed by atoms with Gasteiger partial charge in [-0.25, -0.2) is 0 Å². The van der Waals surface area contributed by atoms with Gasteiger partial charge in [-0.1, -0.05) is 51.3 Å². The molecule has 0 aliphatic rings. The number of methoxy groups -OCH3 is 1. The van der Waals surface area contributed by atoms with Crippen LogP contribution in [0.3, 0.4) is 0 Å². The van der Waals surface area contributed by atoms with Crippen molar-refractivity contribution in [2.75, 3.05) is 12.4 Å². The topological polar surface area (TPSA) is 21.3 Å². The number of benzene rings is 2. The molecule has 0 fully saturated rings. The van der Waals surface area contributed by atoms with Crippen LogP contribution >= 0.6 is 39.1 Å². The number of nitrogens with one attached hydrogen (secondary N) is 1. The summed E-state index contributed by atoms with van der Waals surface area (Å²) in [4.78, 5) is 0. The highest BCUT2D eigenvalue weighted by atomic mass is 79.9. The Hall–Kier alpha value is -0.900. The van der Waals surface area contributed by atoms with Crippen LogP contribution < -0.4 is 10.1 Å². The molecule has 0 aromatic heterocycles. The maximum atomic E-state index is 6.15. The van der Waals surface area contributed by atoms with Crippen LogP contribution in [0.5, 0.6) is 5.75 Å². The molecular weight excluding hydrogens is 349 g/mol. The monoisotopic (exact) mass is 359 g/mol. The number of anilines is 1. The molecule has 0 unspecified atom stereocenters. The number of hydrogen-bond donors (Lipinski definition) is 1. The molecule has 0 amide bonds. The van der Waals surface area contributed by atoms with Crippen LogP contribution in [0.25, 0.3) is 0 Å². The van der Waals surface area contributed by atoms with Gasteiger partial charge in [0.05, 0.1) is 22.8 Å². The standard InChI is InChI=1S/C14H12BrCl2NO/c1-19-13-6-5-10(15)7-12(13)18-8-9-3-2-4-11(16)14(9)17/h2-7,18H,8H2,1H3. The Bertz CT molecular complexity index is 590. The first-order valence-electron chi connectivity index (χ1n) is 5.62. The Labute approximate surface area is 130 Å². The van der Waals surface area contributed by atoms with E-state index >= 15 is 0 Å². The Balaban J connectivity index is 2.18. The van der Waals surface area contributed by atoms with Gasteiger partial charge < -0.3 is 10.1 Å². The second kappa shape index (κ2) is 6.51. The number of ether oxygens (including phenoxy) is 1.